The molecule has 34 heavy (non-hydrogen) atoms. The summed E-state index contributed by atoms with van der Waals surface area (Å²) in [5.41, 5.74) is 0.794. The number of carbonyl (C=O) groups excluding carboxylic acids is 1. The highest BCUT2D eigenvalue weighted by atomic mass is 19.3. The minimum absolute atomic E-state index is 0.0649. The molecule has 1 amide bonds. The Bertz CT molecular complexity index is 1130. The second-order valence-corrected chi connectivity index (χ2v) is 6.90. The number of nitrogens with one attached hydrogen (secondary N) is 1. The Morgan fingerprint density at radius 1 is 1.03 bits per heavy atom. The van der Waals surface area contributed by atoms with E-state index in [0.717, 1.165) is 23.8 Å². The van der Waals surface area contributed by atoms with E-state index >= 15 is 0 Å². The maximum absolute atomic E-state index is 12.8. The maximum atomic E-state index is 12.8. The minimum Gasteiger partial charge on any atom is -0.497 e. The van der Waals surface area contributed by atoms with Crippen LogP contribution in [0.5, 0.6) is 17.2 Å². The van der Waals surface area contributed by atoms with Crippen LogP contribution in [-0.2, 0) is 11.8 Å². The summed E-state index contributed by atoms with van der Waals surface area (Å²) in [4.78, 5) is 17.0. The quantitative estimate of drug-likeness (QED) is 0.341. The van der Waals surface area contributed by atoms with E-state index in [9.17, 15) is 22.4 Å². The van der Waals surface area contributed by atoms with Gasteiger partial charge in [0.2, 0.25) is 5.91 Å². The first kappa shape index (κ1) is 24.6. The number of rotatable bonds is 10. The zero-order chi connectivity index (χ0) is 24.7. The summed E-state index contributed by atoms with van der Waals surface area (Å²) in [5.74, 6) is -0.143. The van der Waals surface area contributed by atoms with Gasteiger partial charge in [-0.15, -0.1) is 0 Å². The molecule has 0 aliphatic heterocycles. The Hall–Kier alpha value is -4.02. The first-order valence-electron chi connectivity index (χ1n) is 9.90. The second kappa shape index (κ2) is 11.2. The largest absolute Gasteiger partial charge is 0.497 e. The van der Waals surface area contributed by atoms with Crippen molar-refractivity contribution in [3.05, 3.63) is 77.9 Å². The number of aryl methyl sites for hydroxylation is 1. The number of benzene rings is 2. The molecule has 1 atom stereocenters. The average Bonchev–Trinajstić information content (AvgIpc) is 3.22. The fourth-order valence-electron chi connectivity index (χ4n) is 3.13. The highest BCUT2D eigenvalue weighted by Gasteiger charge is 2.20. The van der Waals surface area contributed by atoms with Gasteiger partial charge in [0.15, 0.2) is 0 Å². The van der Waals surface area contributed by atoms with E-state index in [1.165, 1.54) is 19.3 Å². The van der Waals surface area contributed by atoms with Crippen LogP contribution in [-0.4, -0.2) is 35.8 Å². The third-order valence-electron chi connectivity index (χ3n) is 4.69. The lowest BCUT2D eigenvalue weighted by Crippen LogP contribution is -2.29. The topological polar surface area (TPSA) is 74.6 Å². The molecule has 2 aromatic carbocycles. The predicted molar refractivity (Wildman–Crippen MR) is 115 cm³/mol. The number of ether oxygens (including phenoxy) is 3. The van der Waals surface area contributed by atoms with Gasteiger partial charge in [0.05, 0.1) is 7.11 Å². The smallest absolute Gasteiger partial charge is 0.387 e. The van der Waals surface area contributed by atoms with E-state index in [0.29, 0.717) is 11.6 Å². The van der Waals surface area contributed by atoms with Gasteiger partial charge in [-0.1, -0.05) is 12.1 Å². The van der Waals surface area contributed by atoms with Crippen molar-refractivity contribution >= 4 is 12.0 Å². The fourth-order valence-corrected chi connectivity index (χ4v) is 3.13. The van der Waals surface area contributed by atoms with Crippen molar-refractivity contribution in [2.45, 2.75) is 19.3 Å². The van der Waals surface area contributed by atoms with E-state index in [1.807, 2.05) is 0 Å². The van der Waals surface area contributed by atoms with Crippen LogP contribution in [0.3, 0.4) is 0 Å². The number of hydrogen-bond donors (Lipinski definition) is 1. The van der Waals surface area contributed by atoms with Crippen molar-refractivity contribution in [1.82, 2.24) is 14.9 Å². The van der Waals surface area contributed by atoms with Gasteiger partial charge in [0, 0.05) is 37.1 Å². The summed E-state index contributed by atoms with van der Waals surface area (Å²) in [6.07, 6.45) is 5.65. The van der Waals surface area contributed by atoms with E-state index in [4.69, 9.17) is 4.74 Å². The second-order valence-electron chi connectivity index (χ2n) is 6.90. The summed E-state index contributed by atoms with van der Waals surface area (Å²) in [7, 11) is 3.31. The SMILES string of the molecule is COc1ccc(C(NC(=O)/C=C/c2ccc(OC(F)F)cc2OC(F)F)c2nccn2C)cc1. The normalized spacial score (nSPS) is 12.2. The summed E-state index contributed by atoms with van der Waals surface area (Å²) in [6.45, 7) is -6.33. The van der Waals surface area contributed by atoms with Crippen LogP contribution in [0.2, 0.25) is 0 Å². The Kier molecular flexibility index (Phi) is 8.12. The number of amides is 1. The van der Waals surface area contributed by atoms with Gasteiger partial charge in [-0.3, -0.25) is 4.79 Å². The highest BCUT2D eigenvalue weighted by Crippen LogP contribution is 2.29. The monoisotopic (exact) mass is 479 g/mol. The standard InChI is InChI=1S/C23H21F4N3O4/c1-30-12-11-28-21(30)20(15-4-7-16(32-2)8-5-15)29-19(31)10-6-14-3-9-17(33-22(24)25)13-18(14)34-23(26)27/h3-13,20,22-23H,1-2H3,(H,29,31)/b10-6+. The molecular formula is C23H21F4N3O4. The molecule has 0 aliphatic carbocycles. The molecule has 0 saturated heterocycles. The average molecular weight is 479 g/mol. The van der Waals surface area contributed by atoms with E-state index in [1.54, 1.807) is 48.3 Å². The molecule has 3 aromatic rings. The van der Waals surface area contributed by atoms with E-state index < -0.39 is 30.9 Å². The van der Waals surface area contributed by atoms with Crippen molar-refractivity contribution in [3.8, 4) is 17.2 Å². The molecule has 1 aromatic heterocycles. The Labute approximate surface area is 192 Å². The van der Waals surface area contributed by atoms with Crippen LogP contribution >= 0.6 is 0 Å². The zero-order valence-corrected chi connectivity index (χ0v) is 18.1. The lowest BCUT2D eigenvalue weighted by molar-refractivity contribution is -0.117. The van der Waals surface area contributed by atoms with Gasteiger partial charge in [-0.25, -0.2) is 4.98 Å². The first-order chi connectivity index (χ1) is 16.3. The van der Waals surface area contributed by atoms with Crippen LogP contribution in [0.15, 0.2) is 60.9 Å². The molecule has 7 nitrogen and oxygen atoms in total. The number of carbonyl (C=O) groups is 1. The lowest BCUT2D eigenvalue weighted by atomic mass is 10.1. The van der Waals surface area contributed by atoms with Crippen LogP contribution in [0.25, 0.3) is 6.08 Å². The third-order valence-corrected chi connectivity index (χ3v) is 4.69. The molecule has 0 saturated carbocycles. The van der Waals surface area contributed by atoms with Crippen LogP contribution in [0.4, 0.5) is 17.6 Å². The van der Waals surface area contributed by atoms with Crippen molar-refractivity contribution in [1.29, 1.82) is 0 Å². The number of methoxy groups -OCH3 is 1. The molecular weight excluding hydrogens is 458 g/mol. The summed E-state index contributed by atoms with van der Waals surface area (Å²) >= 11 is 0. The van der Waals surface area contributed by atoms with Crippen LogP contribution < -0.4 is 19.5 Å². The predicted octanol–water partition coefficient (Wildman–Crippen LogP) is 4.55. The summed E-state index contributed by atoms with van der Waals surface area (Å²) < 4.78 is 65.9. The lowest BCUT2D eigenvalue weighted by Gasteiger charge is -2.18. The molecule has 11 heteroatoms. The van der Waals surface area contributed by atoms with E-state index in [2.05, 4.69) is 19.8 Å². The molecule has 0 radical (unpaired) electrons. The molecule has 1 unspecified atom stereocenters. The van der Waals surface area contributed by atoms with Gasteiger partial charge in [-0.2, -0.15) is 17.6 Å². The number of alkyl halides is 4. The molecule has 3 rings (SSSR count). The van der Waals surface area contributed by atoms with Gasteiger partial charge >= 0.3 is 13.2 Å². The van der Waals surface area contributed by atoms with Crippen LogP contribution in [0, 0.1) is 0 Å². The molecule has 0 spiro atoms. The fraction of sp³-hybridized carbons (Fsp3) is 0.217. The van der Waals surface area contributed by atoms with Crippen molar-refractivity contribution in [2.24, 2.45) is 7.05 Å². The number of hydrogen-bond acceptors (Lipinski definition) is 5. The van der Waals surface area contributed by atoms with E-state index in [-0.39, 0.29) is 11.3 Å². The first-order valence-corrected chi connectivity index (χ1v) is 9.90. The maximum Gasteiger partial charge on any atom is 0.387 e. The summed E-state index contributed by atoms with van der Waals surface area (Å²) in [6, 6.07) is 9.67. The van der Waals surface area contributed by atoms with Gasteiger partial charge in [-0.05, 0) is 35.9 Å². The third kappa shape index (κ3) is 6.50. The molecule has 1 N–H and O–H groups in total. The molecule has 180 valence electrons. The van der Waals surface area contributed by atoms with Gasteiger partial charge in [0.1, 0.15) is 29.1 Å². The minimum atomic E-state index is -3.20. The molecule has 0 bridgehead atoms. The number of nitrogens with zero attached hydrogens (tertiary/aromatic N) is 2. The van der Waals surface area contributed by atoms with Crippen molar-refractivity contribution in [2.75, 3.05) is 7.11 Å². The number of imidazole rings is 1. The highest BCUT2D eigenvalue weighted by molar-refractivity contribution is 5.92. The molecule has 0 aliphatic rings. The Morgan fingerprint density at radius 2 is 1.71 bits per heavy atom. The zero-order valence-electron chi connectivity index (χ0n) is 18.1. The van der Waals surface area contributed by atoms with Gasteiger partial charge < -0.3 is 24.1 Å². The van der Waals surface area contributed by atoms with Crippen molar-refractivity contribution in [3.63, 3.8) is 0 Å². The number of halogens is 4. The number of aromatic nitrogens is 2. The summed E-state index contributed by atoms with van der Waals surface area (Å²) in [5, 5.41) is 2.82. The Balaban J connectivity index is 1.83. The van der Waals surface area contributed by atoms with Crippen LogP contribution in [0.1, 0.15) is 23.0 Å². The molecule has 1 heterocycles. The van der Waals surface area contributed by atoms with Crippen molar-refractivity contribution < 1.29 is 36.6 Å². The molecule has 0 fully saturated rings. The Morgan fingerprint density at radius 3 is 2.29 bits per heavy atom. The van der Waals surface area contributed by atoms with Gasteiger partial charge in [0.25, 0.3) is 0 Å².